The highest BCUT2D eigenvalue weighted by molar-refractivity contribution is 8.04. The standard InChI is InChI=1S/C26H28FN7O3S/c1-33-6-7-34-16(13-33)11-24(32-34)28-21-12-19(30-31-25(21)36)14-2-4-18(27)20(9-14)29-26(37)23-10-15-8-17(35)3-5-22(15)38-23/h2,4,9-12,15,17,22,35H,3,5-8,13H2,1H3,(H,29,37)(H,31,36)(H,28,30,32)/t15?,17-,22?/m0/s1. The summed E-state index contributed by atoms with van der Waals surface area (Å²) in [5.41, 5.74) is 1.85. The molecule has 4 N–H and O–H groups in total. The largest absolute Gasteiger partial charge is 0.393 e. The Balaban J connectivity index is 1.21. The van der Waals surface area contributed by atoms with E-state index in [0.29, 0.717) is 28.4 Å². The minimum absolute atomic E-state index is 0.0253. The van der Waals surface area contributed by atoms with Gasteiger partial charge in [-0.05, 0) is 56.5 Å². The monoisotopic (exact) mass is 537 g/mol. The van der Waals surface area contributed by atoms with E-state index < -0.39 is 11.4 Å². The first-order valence-corrected chi connectivity index (χ1v) is 13.5. The van der Waals surface area contributed by atoms with Crippen LogP contribution in [0.25, 0.3) is 11.3 Å². The summed E-state index contributed by atoms with van der Waals surface area (Å²) in [5, 5.41) is 27.1. The number of aliphatic hydroxyl groups is 1. The molecule has 6 rings (SSSR count). The summed E-state index contributed by atoms with van der Waals surface area (Å²) >= 11 is 1.49. The molecule has 1 fully saturated rings. The van der Waals surface area contributed by atoms with Gasteiger partial charge in [0.2, 0.25) is 0 Å². The van der Waals surface area contributed by atoms with Crippen LogP contribution >= 0.6 is 11.8 Å². The number of allylic oxidation sites excluding steroid dienone is 1. The maximum Gasteiger partial charge on any atom is 0.287 e. The quantitative estimate of drug-likeness (QED) is 0.391. The van der Waals surface area contributed by atoms with Crippen LogP contribution in [0.5, 0.6) is 0 Å². The van der Waals surface area contributed by atoms with Crippen molar-refractivity contribution in [2.75, 3.05) is 24.2 Å². The average Bonchev–Trinajstić information content (AvgIpc) is 3.49. The zero-order valence-electron chi connectivity index (χ0n) is 20.8. The molecule has 0 spiro atoms. The number of rotatable bonds is 5. The summed E-state index contributed by atoms with van der Waals surface area (Å²) in [6.07, 6.45) is 3.78. The molecule has 0 radical (unpaired) electrons. The lowest BCUT2D eigenvalue weighted by Crippen LogP contribution is -2.30. The van der Waals surface area contributed by atoms with E-state index in [9.17, 15) is 19.1 Å². The molecule has 0 bridgehead atoms. The van der Waals surface area contributed by atoms with Crippen molar-refractivity contribution >= 4 is 34.9 Å². The van der Waals surface area contributed by atoms with Gasteiger partial charge in [0.15, 0.2) is 5.82 Å². The van der Waals surface area contributed by atoms with Gasteiger partial charge in [-0.1, -0.05) is 6.08 Å². The van der Waals surface area contributed by atoms with Gasteiger partial charge < -0.3 is 15.7 Å². The van der Waals surface area contributed by atoms with Gasteiger partial charge in [-0.3, -0.25) is 19.2 Å². The van der Waals surface area contributed by atoms with Gasteiger partial charge in [0, 0.05) is 30.0 Å². The zero-order chi connectivity index (χ0) is 26.4. The summed E-state index contributed by atoms with van der Waals surface area (Å²) in [7, 11) is 2.05. The van der Waals surface area contributed by atoms with E-state index in [0.717, 1.165) is 38.2 Å². The van der Waals surface area contributed by atoms with E-state index in [4.69, 9.17) is 0 Å². The lowest BCUT2D eigenvalue weighted by molar-refractivity contribution is -0.112. The van der Waals surface area contributed by atoms with E-state index in [1.165, 1.54) is 23.9 Å². The topological polar surface area (TPSA) is 128 Å². The lowest BCUT2D eigenvalue weighted by atomic mass is 9.87. The number of nitrogens with zero attached hydrogens (tertiary/aromatic N) is 4. The highest BCUT2D eigenvalue weighted by Gasteiger charge is 2.36. The Kier molecular flexibility index (Phi) is 6.54. The number of hydrogen-bond acceptors (Lipinski definition) is 8. The van der Waals surface area contributed by atoms with Gasteiger partial charge in [-0.25, -0.2) is 9.49 Å². The number of H-pyrrole nitrogens is 1. The Morgan fingerprint density at radius 1 is 1.21 bits per heavy atom. The van der Waals surface area contributed by atoms with Gasteiger partial charge in [-0.2, -0.15) is 10.2 Å². The maximum absolute atomic E-state index is 14.7. The Morgan fingerprint density at radius 3 is 2.95 bits per heavy atom. The first-order valence-electron chi connectivity index (χ1n) is 12.6. The third-order valence-corrected chi connectivity index (χ3v) is 8.70. The van der Waals surface area contributed by atoms with Crippen molar-refractivity contribution in [1.29, 1.82) is 0 Å². The molecule has 4 heterocycles. The molecule has 12 heteroatoms. The normalized spacial score (nSPS) is 22.9. The highest BCUT2D eigenvalue weighted by Crippen LogP contribution is 2.45. The van der Waals surface area contributed by atoms with Gasteiger partial charge >= 0.3 is 0 Å². The Bertz CT molecular complexity index is 1490. The molecule has 3 aliphatic rings. The number of aromatic nitrogens is 4. The predicted octanol–water partition coefficient (Wildman–Crippen LogP) is 3.06. The van der Waals surface area contributed by atoms with Crippen molar-refractivity contribution < 1.29 is 14.3 Å². The van der Waals surface area contributed by atoms with Crippen LogP contribution in [-0.2, 0) is 17.9 Å². The number of fused-ring (bicyclic) bond motifs is 2. The van der Waals surface area contributed by atoms with Crippen LogP contribution in [-0.4, -0.2) is 60.8 Å². The molecule has 38 heavy (non-hydrogen) atoms. The van der Waals surface area contributed by atoms with Crippen molar-refractivity contribution in [3.05, 3.63) is 63.2 Å². The number of aliphatic hydroxyl groups excluding tert-OH is 1. The Hall–Kier alpha value is -3.48. The van der Waals surface area contributed by atoms with Crippen LogP contribution in [0.15, 0.2) is 46.1 Å². The van der Waals surface area contributed by atoms with Crippen molar-refractivity contribution in [1.82, 2.24) is 24.9 Å². The summed E-state index contributed by atoms with van der Waals surface area (Å²) in [5.74, 6) is -0.241. The Labute approximate surface area is 222 Å². The van der Waals surface area contributed by atoms with E-state index in [1.54, 1.807) is 12.1 Å². The molecule has 0 saturated heterocycles. The van der Waals surface area contributed by atoms with Crippen LogP contribution < -0.4 is 16.2 Å². The molecular weight excluding hydrogens is 509 g/mol. The SMILES string of the molecule is CN1CCn2nc(Nc3cc(-c4ccc(F)c(NC(=O)C5=CC6C[C@@H](O)CCC6S5)c4)n[nH]c3=O)cc2C1. The third-order valence-electron chi connectivity index (χ3n) is 7.24. The summed E-state index contributed by atoms with van der Waals surface area (Å²) in [4.78, 5) is 28.1. The molecule has 2 aromatic heterocycles. The van der Waals surface area contributed by atoms with Crippen molar-refractivity contribution in [3.63, 3.8) is 0 Å². The molecule has 1 saturated carbocycles. The highest BCUT2D eigenvalue weighted by atomic mass is 32.2. The average molecular weight is 538 g/mol. The number of nitrogens with one attached hydrogen (secondary N) is 3. The fourth-order valence-electron chi connectivity index (χ4n) is 5.21. The number of halogens is 1. The molecule has 3 aromatic rings. The number of carbonyl (C=O) groups excluding carboxylic acids is 1. The van der Waals surface area contributed by atoms with E-state index in [-0.39, 0.29) is 34.6 Å². The molecule has 10 nitrogen and oxygen atoms in total. The molecule has 2 aliphatic heterocycles. The van der Waals surface area contributed by atoms with Crippen molar-refractivity contribution in [2.24, 2.45) is 5.92 Å². The van der Waals surface area contributed by atoms with Crippen LogP contribution in [0.4, 0.5) is 21.6 Å². The predicted molar refractivity (Wildman–Crippen MR) is 144 cm³/mol. The molecule has 1 amide bonds. The lowest BCUT2D eigenvalue weighted by Gasteiger charge is -2.27. The smallest absolute Gasteiger partial charge is 0.287 e. The number of carbonyl (C=O) groups is 1. The van der Waals surface area contributed by atoms with Gasteiger partial charge in [0.05, 0.1) is 34.6 Å². The molecule has 198 valence electrons. The first kappa shape index (κ1) is 24.8. The number of aromatic amines is 1. The van der Waals surface area contributed by atoms with Gasteiger partial charge in [-0.15, -0.1) is 11.8 Å². The van der Waals surface area contributed by atoms with E-state index >= 15 is 0 Å². The van der Waals surface area contributed by atoms with E-state index in [2.05, 4.69) is 30.8 Å². The van der Waals surface area contributed by atoms with Crippen molar-refractivity contribution in [2.45, 2.75) is 43.7 Å². The fraction of sp³-hybridized carbons (Fsp3) is 0.385. The summed E-state index contributed by atoms with van der Waals surface area (Å²) < 4.78 is 16.6. The van der Waals surface area contributed by atoms with Gasteiger partial charge in [0.1, 0.15) is 11.5 Å². The van der Waals surface area contributed by atoms with Crippen LogP contribution in [0.1, 0.15) is 25.0 Å². The van der Waals surface area contributed by atoms with Crippen LogP contribution in [0.3, 0.4) is 0 Å². The number of thioether (sulfide) groups is 1. The molecule has 3 atom stereocenters. The third kappa shape index (κ3) is 4.98. The zero-order valence-corrected chi connectivity index (χ0v) is 21.6. The maximum atomic E-state index is 14.7. The second-order valence-electron chi connectivity index (χ2n) is 10.1. The number of amides is 1. The van der Waals surface area contributed by atoms with Gasteiger partial charge in [0.25, 0.3) is 11.5 Å². The van der Waals surface area contributed by atoms with Crippen LogP contribution in [0.2, 0.25) is 0 Å². The van der Waals surface area contributed by atoms with Crippen molar-refractivity contribution in [3.8, 4) is 11.3 Å². The number of hydrogen-bond donors (Lipinski definition) is 4. The summed E-state index contributed by atoms with van der Waals surface area (Å²) in [6.45, 7) is 2.45. The second kappa shape index (κ2) is 10.0. The number of benzene rings is 1. The molecule has 2 unspecified atom stereocenters. The minimum atomic E-state index is -0.574. The van der Waals surface area contributed by atoms with Crippen LogP contribution in [0, 0.1) is 11.7 Å². The summed E-state index contributed by atoms with van der Waals surface area (Å²) in [6, 6.07) is 7.79. The fourth-order valence-corrected chi connectivity index (χ4v) is 6.57. The molecule has 1 aromatic carbocycles. The molecule has 1 aliphatic carbocycles. The first-order chi connectivity index (χ1) is 18.3. The second-order valence-corrected chi connectivity index (χ2v) is 11.4. The molecular formula is C26H28FN7O3S. The number of anilines is 3. The Morgan fingerprint density at radius 2 is 2.08 bits per heavy atom. The van der Waals surface area contributed by atoms with E-state index in [1.807, 2.05) is 23.9 Å². The minimum Gasteiger partial charge on any atom is -0.393 e. The number of likely N-dealkylation sites (N-methyl/N-ethyl adjacent to an activating group) is 1.